The molecular formula is C13H21ClN6. The molecule has 0 bridgehead atoms. The second-order valence-corrected chi connectivity index (χ2v) is 5.51. The molecule has 0 unspecified atom stereocenters. The summed E-state index contributed by atoms with van der Waals surface area (Å²) in [5.74, 6) is 0. The minimum absolute atomic E-state index is 0.429. The highest BCUT2D eigenvalue weighted by Crippen LogP contribution is 2.21. The topological polar surface area (TPSA) is 60.6 Å². The lowest BCUT2D eigenvalue weighted by atomic mass is 10.3. The summed E-state index contributed by atoms with van der Waals surface area (Å²) < 4.78 is 3.61. The Balaban J connectivity index is 2.09. The van der Waals surface area contributed by atoms with Gasteiger partial charge in [0.25, 0.3) is 0 Å². The van der Waals surface area contributed by atoms with Crippen molar-refractivity contribution in [1.29, 1.82) is 0 Å². The van der Waals surface area contributed by atoms with Gasteiger partial charge >= 0.3 is 0 Å². The van der Waals surface area contributed by atoms with Crippen molar-refractivity contribution in [3.8, 4) is 0 Å². The van der Waals surface area contributed by atoms with Gasteiger partial charge in [0, 0.05) is 19.6 Å². The third kappa shape index (κ3) is 3.37. The van der Waals surface area contributed by atoms with E-state index < -0.39 is 0 Å². The minimum atomic E-state index is 0.429. The highest BCUT2D eigenvalue weighted by molar-refractivity contribution is 6.31. The maximum absolute atomic E-state index is 6.33. The highest BCUT2D eigenvalue weighted by atomic mass is 35.5. The number of rotatable bonds is 6. The summed E-state index contributed by atoms with van der Waals surface area (Å²) in [6.07, 6.45) is 2.76. The molecule has 0 aliphatic heterocycles. The predicted octanol–water partition coefficient (Wildman–Crippen LogP) is 1.77. The quantitative estimate of drug-likeness (QED) is 0.882. The van der Waals surface area contributed by atoms with Crippen molar-refractivity contribution >= 4 is 11.6 Å². The van der Waals surface area contributed by atoms with E-state index in [1.807, 2.05) is 24.9 Å². The third-order valence-electron chi connectivity index (χ3n) is 3.09. The van der Waals surface area contributed by atoms with Crippen LogP contribution in [0.15, 0.2) is 6.20 Å². The van der Waals surface area contributed by atoms with Gasteiger partial charge in [0.2, 0.25) is 0 Å². The second kappa shape index (κ2) is 6.37. The molecule has 1 N–H and O–H groups in total. The van der Waals surface area contributed by atoms with Gasteiger partial charge in [-0.05, 0) is 6.42 Å². The van der Waals surface area contributed by atoms with Gasteiger partial charge in [-0.15, -0.1) is 5.10 Å². The zero-order chi connectivity index (χ0) is 14.7. The molecule has 110 valence electrons. The summed E-state index contributed by atoms with van der Waals surface area (Å²) in [5, 5.41) is 16.7. The summed E-state index contributed by atoms with van der Waals surface area (Å²) in [6, 6.07) is 0.429. The molecule has 2 aromatic heterocycles. The number of aryl methyl sites for hydroxylation is 2. The van der Waals surface area contributed by atoms with Crippen molar-refractivity contribution in [3.05, 3.63) is 28.3 Å². The Morgan fingerprint density at radius 1 is 1.40 bits per heavy atom. The second-order valence-electron chi connectivity index (χ2n) is 5.13. The van der Waals surface area contributed by atoms with Gasteiger partial charge in [-0.3, -0.25) is 4.68 Å². The molecule has 2 aromatic rings. The van der Waals surface area contributed by atoms with E-state index in [-0.39, 0.29) is 0 Å². The van der Waals surface area contributed by atoms with E-state index in [1.165, 1.54) is 0 Å². The molecule has 0 aliphatic rings. The fourth-order valence-corrected chi connectivity index (χ4v) is 2.30. The molecule has 0 spiro atoms. The summed E-state index contributed by atoms with van der Waals surface area (Å²) >= 11 is 6.33. The number of aromatic nitrogens is 5. The maximum Gasteiger partial charge on any atom is 0.0965 e. The number of nitrogens with zero attached hydrogens (tertiary/aromatic N) is 5. The fraction of sp³-hybridized carbons (Fsp3) is 0.615. The van der Waals surface area contributed by atoms with Crippen molar-refractivity contribution in [2.24, 2.45) is 7.05 Å². The molecule has 6 nitrogen and oxygen atoms in total. The monoisotopic (exact) mass is 296 g/mol. The molecule has 0 saturated heterocycles. The molecular weight excluding hydrogens is 276 g/mol. The van der Waals surface area contributed by atoms with Gasteiger partial charge in [0.05, 0.1) is 34.8 Å². The van der Waals surface area contributed by atoms with Crippen molar-refractivity contribution in [2.75, 3.05) is 0 Å². The Morgan fingerprint density at radius 2 is 2.15 bits per heavy atom. The van der Waals surface area contributed by atoms with Crippen LogP contribution in [0.3, 0.4) is 0 Å². The standard InChI is InChI=1S/C13H21ClN6/c1-5-11-13(14)12(19(4)17-11)8-20-7-10(16-18-20)6-15-9(2)3/h7,9,15H,5-6,8H2,1-4H3. The molecule has 20 heavy (non-hydrogen) atoms. The smallest absolute Gasteiger partial charge is 0.0965 e. The molecule has 0 aliphatic carbocycles. The van der Waals surface area contributed by atoms with Crippen LogP contribution < -0.4 is 5.32 Å². The largest absolute Gasteiger partial charge is 0.309 e. The first-order valence-electron chi connectivity index (χ1n) is 6.83. The van der Waals surface area contributed by atoms with Crippen molar-refractivity contribution in [1.82, 2.24) is 30.1 Å². The lowest BCUT2D eigenvalue weighted by molar-refractivity contribution is 0.580. The number of hydrogen-bond acceptors (Lipinski definition) is 4. The van der Waals surface area contributed by atoms with Crippen molar-refractivity contribution < 1.29 is 0 Å². The molecule has 0 atom stereocenters. The summed E-state index contributed by atoms with van der Waals surface area (Å²) in [5.41, 5.74) is 2.80. The number of halogens is 1. The van der Waals surface area contributed by atoms with E-state index in [2.05, 4.69) is 34.6 Å². The Morgan fingerprint density at radius 3 is 2.75 bits per heavy atom. The highest BCUT2D eigenvalue weighted by Gasteiger charge is 2.14. The van der Waals surface area contributed by atoms with Gasteiger partial charge in [-0.2, -0.15) is 5.10 Å². The van der Waals surface area contributed by atoms with E-state index in [4.69, 9.17) is 11.6 Å². The average molecular weight is 297 g/mol. The Hall–Kier alpha value is -1.40. The molecule has 2 heterocycles. The van der Waals surface area contributed by atoms with Gasteiger partial charge in [0.15, 0.2) is 0 Å². The van der Waals surface area contributed by atoms with Gasteiger partial charge in [0.1, 0.15) is 0 Å². The SMILES string of the molecule is CCc1nn(C)c(Cn2cc(CNC(C)C)nn2)c1Cl. The summed E-state index contributed by atoms with van der Waals surface area (Å²) in [7, 11) is 1.90. The van der Waals surface area contributed by atoms with Crippen LogP contribution in [-0.2, 0) is 26.6 Å². The van der Waals surface area contributed by atoms with Crippen molar-refractivity contribution in [3.63, 3.8) is 0 Å². The number of hydrogen-bond donors (Lipinski definition) is 1. The average Bonchev–Trinajstić information content (AvgIpc) is 2.96. The van der Waals surface area contributed by atoms with E-state index in [9.17, 15) is 0 Å². The van der Waals surface area contributed by atoms with E-state index in [1.54, 1.807) is 4.68 Å². The Bertz CT molecular complexity index is 571. The molecule has 0 aromatic carbocycles. The van der Waals surface area contributed by atoms with Crippen LogP contribution in [0.25, 0.3) is 0 Å². The Labute approximate surface area is 124 Å². The fourth-order valence-electron chi connectivity index (χ4n) is 1.95. The molecule has 0 radical (unpaired) electrons. The lowest BCUT2D eigenvalue weighted by Crippen LogP contribution is -2.21. The number of nitrogens with one attached hydrogen (secondary N) is 1. The third-order valence-corrected chi connectivity index (χ3v) is 3.53. The predicted molar refractivity (Wildman–Crippen MR) is 78.7 cm³/mol. The maximum atomic E-state index is 6.33. The van der Waals surface area contributed by atoms with Gasteiger partial charge in [-0.25, -0.2) is 4.68 Å². The first-order chi connectivity index (χ1) is 9.51. The van der Waals surface area contributed by atoms with Crippen LogP contribution in [0, 0.1) is 0 Å². The normalized spacial score (nSPS) is 11.5. The molecule has 0 fully saturated rings. The van der Waals surface area contributed by atoms with Crippen LogP contribution in [0.5, 0.6) is 0 Å². The molecule has 7 heteroatoms. The molecule has 2 rings (SSSR count). The van der Waals surface area contributed by atoms with E-state index in [0.717, 1.165) is 35.1 Å². The van der Waals surface area contributed by atoms with E-state index >= 15 is 0 Å². The lowest BCUT2D eigenvalue weighted by Gasteiger charge is -2.04. The first kappa shape index (κ1) is 15.0. The van der Waals surface area contributed by atoms with Crippen LogP contribution in [0.1, 0.15) is 37.9 Å². The van der Waals surface area contributed by atoms with Gasteiger partial charge < -0.3 is 5.32 Å². The van der Waals surface area contributed by atoms with Crippen molar-refractivity contribution in [2.45, 2.75) is 46.3 Å². The summed E-state index contributed by atoms with van der Waals surface area (Å²) in [4.78, 5) is 0. The van der Waals surface area contributed by atoms with Crippen LogP contribution in [-0.4, -0.2) is 30.8 Å². The van der Waals surface area contributed by atoms with Crippen LogP contribution in [0.4, 0.5) is 0 Å². The Kier molecular flexibility index (Phi) is 4.77. The van der Waals surface area contributed by atoms with Gasteiger partial charge in [-0.1, -0.05) is 37.6 Å². The minimum Gasteiger partial charge on any atom is -0.309 e. The zero-order valence-corrected chi connectivity index (χ0v) is 13.1. The van der Waals surface area contributed by atoms with E-state index in [0.29, 0.717) is 12.6 Å². The van der Waals surface area contributed by atoms with Crippen LogP contribution in [0.2, 0.25) is 5.02 Å². The first-order valence-corrected chi connectivity index (χ1v) is 7.21. The molecule has 0 saturated carbocycles. The molecule has 0 amide bonds. The zero-order valence-electron chi connectivity index (χ0n) is 12.4. The summed E-state index contributed by atoms with van der Waals surface area (Å²) in [6.45, 7) is 7.55. The van der Waals surface area contributed by atoms with Crippen LogP contribution >= 0.6 is 11.6 Å².